The van der Waals surface area contributed by atoms with E-state index in [0.29, 0.717) is 19.0 Å². The van der Waals surface area contributed by atoms with Crippen molar-refractivity contribution < 1.29 is 23.0 Å². The third-order valence-corrected chi connectivity index (χ3v) is 5.21. The van der Waals surface area contributed by atoms with Crippen LogP contribution in [0.4, 0.5) is 8.78 Å². The number of hydrogen-bond donors (Lipinski definition) is 0. The fraction of sp³-hybridized carbons (Fsp3) is 0.409. The van der Waals surface area contributed by atoms with Crippen LogP contribution in [-0.4, -0.2) is 37.6 Å². The highest BCUT2D eigenvalue weighted by Gasteiger charge is 2.23. The van der Waals surface area contributed by atoms with E-state index >= 15 is 0 Å². The van der Waals surface area contributed by atoms with Gasteiger partial charge in [0.1, 0.15) is 11.6 Å². The molecule has 1 fully saturated rings. The Hall–Kier alpha value is -2.63. The molecule has 0 aromatic heterocycles. The van der Waals surface area contributed by atoms with Crippen molar-refractivity contribution in [3.05, 3.63) is 59.7 Å². The molecule has 0 aliphatic carbocycles. The summed E-state index contributed by atoms with van der Waals surface area (Å²) in [6.07, 6.45) is 4.00. The first-order chi connectivity index (χ1) is 13.5. The van der Waals surface area contributed by atoms with E-state index < -0.39 is 11.6 Å². The summed E-state index contributed by atoms with van der Waals surface area (Å²) in [5, 5.41) is 0. The van der Waals surface area contributed by atoms with Crippen molar-refractivity contribution in [2.75, 3.05) is 26.8 Å². The first-order valence-corrected chi connectivity index (χ1v) is 9.53. The lowest BCUT2D eigenvalue weighted by molar-refractivity contribution is -0.134. The van der Waals surface area contributed by atoms with E-state index in [1.807, 2.05) is 12.1 Å². The number of halogens is 2. The van der Waals surface area contributed by atoms with Crippen molar-refractivity contribution in [2.24, 2.45) is 5.92 Å². The fourth-order valence-corrected chi connectivity index (χ4v) is 3.46. The summed E-state index contributed by atoms with van der Waals surface area (Å²) in [5.74, 6) is -0.306. The third kappa shape index (κ3) is 5.44. The number of rotatable bonds is 7. The minimum atomic E-state index is -0.801. The van der Waals surface area contributed by atoms with E-state index in [1.54, 1.807) is 12.0 Å². The lowest BCUT2D eigenvalue weighted by Gasteiger charge is -2.32. The van der Waals surface area contributed by atoms with Crippen LogP contribution in [0.25, 0.3) is 0 Å². The van der Waals surface area contributed by atoms with Crippen molar-refractivity contribution >= 4 is 5.91 Å². The first-order valence-electron chi connectivity index (χ1n) is 9.53. The average molecular weight is 389 g/mol. The molecule has 0 atom stereocenters. The van der Waals surface area contributed by atoms with Gasteiger partial charge in [0.15, 0.2) is 18.2 Å². The summed E-state index contributed by atoms with van der Waals surface area (Å²) in [6, 6.07) is 11.2. The largest absolute Gasteiger partial charge is 0.497 e. The zero-order valence-electron chi connectivity index (χ0n) is 16.0. The summed E-state index contributed by atoms with van der Waals surface area (Å²) in [6.45, 7) is 1.13. The zero-order valence-corrected chi connectivity index (χ0v) is 16.0. The van der Waals surface area contributed by atoms with Gasteiger partial charge in [0.05, 0.1) is 7.11 Å². The van der Waals surface area contributed by atoms with Crippen LogP contribution in [-0.2, 0) is 11.2 Å². The number of piperidine rings is 1. The molecule has 0 spiro atoms. The van der Waals surface area contributed by atoms with Crippen molar-refractivity contribution in [1.29, 1.82) is 0 Å². The molecule has 1 amide bonds. The Morgan fingerprint density at radius 3 is 2.46 bits per heavy atom. The molecular formula is C22H25F2NO3. The normalized spacial score (nSPS) is 14.8. The third-order valence-electron chi connectivity index (χ3n) is 5.21. The second-order valence-electron chi connectivity index (χ2n) is 7.07. The zero-order chi connectivity index (χ0) is 19.9. The van der Waals surface area contributed by atoms with E-state index in [4.69, 9.17) is 9.47 Å². The molecule has 3 rings (SSSR count). The van der Waals surface area contributed by atoms with Gasteiger partial charge in [0.25, 0.3) is 5.91 Å². The molecule has 1 heterocycles. The Morgan fingerprint density at radius 2 is 1.82 bits per heavy atom. The van der Waals surface area contributed by atoms with Crippen LogP contribution < -0.4 is 9.47 Å². The number of likely N-dealkylation sites (tertiary alicyclic amines) is 1. The van der Waals surface area contributed by atoms with Gasteiger partial charge in [-0.2, -0.15) is 0 Å². The predicted octanol–water partition coefficient (Wildman–Crippen LogP) is 4.22. The van der Waals surface area contributed by atoms with E-state index in [-0.39, 0.29) is 18.3 Å². The maximum Gasteiger partial charge on any atom is 0.260 e. The summed E-state index contributed by atoms with van der Waals surface area (Å²) in [7, 11) is 1.66. The van der Waals surface area contributed by atoms with E-state index in [2.05, 4.69) is 12.1 Å². The van der Waals surface area contributed by atoms with E-state index in [0.717, 1.165) is 43.6 Å². The Bertz CT molecular complexity index is 787. The SMILES string of the molecule is COc1ccc(CCC2CCN(C(=O)COc3ccc(F)cc3F)CC2)cc1. The van der Waals surface area contributed by atoms with Gasteiger partial charge in [0, 0.05) is 19.2 Å². The van der Waals surface area contributed by atoms with Crippen molar-refractivity contribution in [3.63, 3.8) is 0 Å². The van der Waals surface area contributed by atoms with Gasteiger partial charge in [-0.25, -0.2) is 8.78 Å². The summed E-state index contributed by atoms with van der Waals surface area (Å²) in [5.41, 5.74) is 1.29. The van der Waals surface area contributed by atoms with E-state index in [9.17, 15) is 13.6 Å². The molecule has 1 saturated heterocycles. The Balaban J connectivity index is 1.39. The highest BCUT2D eigenvalue weighted by molar-refractivity contribution is 5.77. The number of hydrogen-bond acceptors (Lipinski definition) is 3. The second-order valence-corrected chi connectivity index (χ2v) is 7.07. The van der Waals surface area contributed by atoms with Gasteiger partial charge in [-0.05, 0) is 61.4 Å². The number of ether oxygens (including phenoxy) is 2. The minimum absolute atomic E-state index is 0.107. The number of aryl methyl sites for hydroxylation is 1. The number of amides is 1. The number of carbonyl (C=O) groups excluding carboxylic acids is 1. The molecular weight excluding hydrogens is 364 g/mol. The molecule has 6 heteroatoms. The Morgan fingerprint density at radius 1 is 1.11 bits per heavy atom. The predicted molar refractivity (Wildman–Crippen MR) is 102 cm³/mol. The highest BCUT2D eigenvalue weighted by atomic mass is 19.1. The number of methoxy groups -OCH3 is 1. The summed E-state index contributed by atoms with van der Waals surface area (Å²) in [4.78, 5) is 14.0. The van der Waals surface area contributed by atoms with Gasteiger partial charge in [0.2, 0.25) is 0 Å². The van der Waals surface area contributed by atoms with Crippen LogP contribution in [0.1, 0.15) is 24.8 Å². The van der Waals surface area contributed by atoms with Crippen LogP contribution in [0.15, 0.2) is 42.5 Å². The minimum Gasteiger partial charge on any atom is -0.497 e. The molecule has 4 nitrogen and oxygen atoms in total. The van der Waals surface area contributed by atoms with Gasteiger partial charge in [-0.15, -0.1) is 0 Å². The number of benzene rings is 2. The van der Waals surface area contributed by atoms with Crippen LogP contribution in [0.5, 0.6) is 11.5 Å². The second kappa shape index (κ2) is 9.53. The molecule has 0 radical (unpaired) electrons. The van der Waals surface area contributed by atoms with Crippen LogP contribution in [0, 0.1) is 17.6 Å². The molecule has 2 aromatic rings. The summed E-state index contributed by atoms with van der Waals surface area (Å²) >= 11 is 0. The monoisotopic (exact) mass is 389 g/mol. The van der Waals surface area contributed by atoms with E-state index in [1.165, 1.54) is 11.6 Å². The van der Waals surface area contributed by atoms with Gasteiger partial charge < -0.3 is 14.4 Å². The molecule has 150 valence electrons. The van der Waals surface area contributed by atoms with Gasteiger partial charge in [-0.3, -0.25) is 4.79 Å². The highest BCUT2D eigenvalue weighted by Crippen LogP contribution is 2.24. The molecule has 0 bridgehead atoms. The lowest BCUT2D eigenvalue weighted by atomic mass is 9.90. The quantitative estimate of drug-likeness (QED) is 0.712. The lowest BCUT2D eigenvalue weighted by Crippen LogP contribution is -2.41. The topological polar surface area (TPSA) is 38.8 Å². The molecule has 2 aromatic carbocycles. The van der Waals surface area contributed by atoms with Crippen molar-refractivity contribution in [2.45, 2.75) is 25.7 Å². The molecule has 0 unspecified atom stereocenters. The standard InChI is InChI=1S/C22H25F2NO3/c1-27-19-7-4-16(5-8-19)2-3-17-10-12-25(13-11-17)22(26)15-28-21-9-6-18(23)14-20(21)24/h4-9,14,17H,2-3,10-13,15H2,1H3. The fourth-order valence-electron chi connectivity index (χ4n) is 3.46. The number of nitrogens with zero attached hydrogens (tertiary/aromatic N) is 1. The Labute approximate surface area is 164 Å². The molecule has 0 N–H and O–H groups in total. The Kier molecular flexibility index (Phi) is 6.85. The average Bonchev–Trinajstić information content (AvgIpc) is 2.72. The first kappa shape index (κ1) is 20.1. The number of carbonyl (C=O) groups is 1. The maximum absolute atomic E-state index is 13.6. The smallest absolute Gasteiger partial charge is 0.260 e. The molecule has 28 heavy (non-hydrogen) atoms. The van der Waals surface area contributed by atoms with Crippen LogP contribution in [0.3, 0.4) is 0 Å². The molecule has 0 saturated carbocycles. The van der Waals surface area contributed by atoms with Crippen LogP contribution in [0.2, 0.25) is 0 Å². The van der Waals surface area contributed by atoms with Crippen molar-refractivity contribution in [3.8, 4) is 11.5 Å². The molecule has 1 aliphatic rings. The van der Waals surface area contributed by atoms with Gasteiger partial charge in [-0.1, -0.05) is 12.1 Å². The van der Waals surface area contributed by atoms with Crippen molar-refractivity contribution in [1.82, 2.24) is 4.90 Å². The van der Waals surface area contributed by atoms with Gasteiger partial charge >= 0.3 is 0 Å². The summed E-state index contributed by atoms with van der Waals surface area (Å²) < 4.78 is 36.9. The van der Waals surface area contributed by atoms with Crippen LogP contribution >= 0.6 is 0 Å². The molecule has 1 aliphatic heterocycles. The maximum atomic E-state index is 13.6.